The van der Waals surface area contributed by atoms with Crippen molar-refractivity contribution in [3.8, 4) is 0 Å². The molecule has 1 rings (SSSR count). The molecule has 0 spiro atoms. The van der Waals surface area contributed by atoms with Crippen LogP contribution < -0.4 is 11.1 Å². The van der Waals surface area contributed by atoms with Crippen LogP contribution in [0.2, 0.25) is 0 Å². The van der Waals surface area contributed by atoms with Crippen LogP contribution in [-0.2, 0) is 9.53 Å². The second-order valence-corrected chi connectivity index (χ2v) is 3.51. The zero-order valence-corrected chi connectivity index (χ0v) is 10.0. The van der Waals surface area contributed by atoms with Crippen LogP contribution in [0.25, 0.3) is 0 Å². The summed E-state index contributed by atoms with van der Waals surface area (Å²) in [5.74, 6) is -0.311. The van der Waals surface area contributed by atoms with E-state index in [4.69, 9.17) is 10.5 Å². The first-order chi connectivity index (χ1) is 8.43. The molecule has 0 saturated carbocycles. The van der Waals surface area contributed by atoms with Crippen LogP contribution in [0.3, 0.4) is 0 Å². The summed E-state index contributed by atoms with van der Waals surface area (Å²) in [5.41, 5.74) is 5.24. The molecule has 3 N–H and O–H groups in total. The predicted octanol–water partition coefficient (Wildman–Crippen LogP) is 0.935. The smallest absolute Gasteiger partial charge is 0.328 e. The molecule has 0 aliphatic rings. The summed E-state index contributed by atoms with van der Waals surface area (Å²) >= 11 is 0. The van der Waals surface area contributed by atoms with Crippen LogP contribution >= 0.6 is 0 Å². The Morgan fingerprint density at radius 1 is 1.67 bits per heavy atom. The van der Waals surface area contributed by atoms with Crippen molar-refractivity contribution in [3.63, 3.8) is 0 Å². The fourth-order valence-corrected chi connectivity index (χ4v) is 1.26. The number of hydrogen-bond donors (Lipinski definition) is 2. The molecule has 1 aromatic heterocycles. The average Bonchev–Trinajstić information content (AvgIpc) is 2.28. The summed E-state index contributed by atoms with van der Waals surface area (Å²) in [6, 6.07) is 1.67. The molecular formula is C10H14N4O4. The first-order valence-corrected chi connectivity index (χ1v) is 5.29. The lowest BCUT2D eigenvalue weighted by molar-refractivity contribution is -0.384. The summed E-state index contributed by atoms with van der Waals surface area (Å²) in [6.45, 7) is 3.51. The standard InChI is InChI=1S/C10H14N4O4/c1-3-18-10(15)6(2)12-9-5-7(14(16)17)4-8(11)13-9/h4-6H,3H2,1-2H3,(H3,11,12,13). The van der Waals surface area contributed by atoms with Crippen molar-refractivity contribution in [1.82, 2.24) is 4.98 Å². The van der Waals surface area contributed by atoms with Gasteiger partial charge >= 0.3 is 5.97 Å². The van der Waals surface area contributed by atoms with Crippen molar-refractivity contribution in [1.29, 1.82) is 0 Å². The van der Waals surface area contributed by atoms with E-state index in [0.717, 1.165) is 6.07 Å². The Morgan fingerprint density at radius 2 is 2.33 bits per heavy atom. The monoisotopic (exact) mass is 254 g/mol. The molecule has 0 bridgehead atoms. The van der Waals surface area contributed by atoms with E-state index in [9.17, 15) is 14.9 Å². The number of nitrogen functional groups attached to an aromatic ring is 1. The Bertz CT molecular complexity index is 463. The highest BCUT2D eigenvalue weighted by atomic mass is 16.6. The Balaban J connectivity index is 2.84. The zero-order chi connectivity index (χ0) is 13.7. The van der Waals surface area contributed by atoms with Gasteiger partial charge in [-0.25, -0.2) is 9.78 Å². The molecular weight excluding hydrogens is 240 g/mol. The van der Waals surface area contributed by atoms with E-state index in [1.165, 1.54) is 6.07 Å². The highest BCUT2D eigenvalue weighted by Crippen LogP contribution is 2.19. The molecule has 8 heteroatoms. The summed E-state index contributed by atoms with van der Waals surface area (Å²) in [4.78, 5) is 25.3. The summed E-state index contributed by atoms with van der Waals surface area (Å²) in [6.07, 6.45) is 0. The number of nitrogens with zero attached hydrogens (tertiary/aromatic N) is 2. The van der Waals surface area contributed by atoms with Crippen molar-refractivity contribution >= 4 is 23.3 Å². The van der Waals surface area contributed by atoms with Gasteiger partial charge in [-0.2, -0.15) is 0 Å². The number of nitrogens with two attached hydrogens (primary N) is 1. The van der Waals surface area contributed by atoms with E-state index in [1.54, 1.807) is 13.8 Å². The van der Waals surface area contributed by atoms with Gasteiger partial charge in [-0.05, 0) is 13.8 Å². The average molecular weight is 254 g/mol. The number of esters is 1. The molecule has 0 aliphatic carbocycles. The van der Waals surface area contributed by atoms with E-state index in [1.807, 2.05) is 0 Å². The minimum absolute atomic E-state index is 0.00255. The zero-order valence-electron chi connectivity index (χ0n) is 10.0. The maximum Gasteiger partial charge on any atom is 0.328 e. The van der Waals surface area contributed by atoms with E-state index in [2.05, 4.69) is 10.3 Å². The van der Waals surface area contributed by atoms with Gasteiger partial charge in [0.05, 0.1) is 23.7 Å². The molecule has 1 unspecified atom stereocenters. The molecule has 98 valence electrons. The first-order valence-electron chi connectivity index (χ1n) is 5.29. The van der Waals surface area contributed by atoms with Gasteiger partial charge in [0.2, 0.25) is 0 Å². The van der Waals surface area contributed by atoms with Gasteiger partial charge in [0, 0.05) is 0 Å². The number of nitro groups is 1. The maximum atomic E-state index is 11.4. The van der Waals surface area contributed by atoms with Crippen molar-refractivity contribution in [3.05, 3.63) is 22.2 Å². The van der Waals surface area contributed by atoms with Crippen LogP contribution in [0, 0.1) is 10.1 Å². The lowest BCUT2D eigenvalue weighted by Crippen LogP contribution is -2.28. The fourth-order valence-electron chi connectivity index (χ4n) is 1.26. The lowest BCUT2D eigenvalue weighted by Gasteiger charge is -2.13. The predicted molar refractivity (Wildman–Crippen MR) is 65.0 cm³/mol. The number of anilines is 2. The molecule has 0 aromatic carbocycles. The number of hydrogen-bond acceptors (Lipinski definition) is 7. The summed E-state index contributed by atoms with van der Waals surface area (Å²) < 4.78 is 4.79. The molecule has 0 aliphatic heterocycles. The topological polar surface area (TPSA) is 120 Å². The summed E-state index contributed by atoms with van der Waals surface area (Å²) in [5, 5.41) is 13.3. The number of ether oxygens (including phenoxy) is 1. The van der Waals surface area contributed by atoms with E-state index >= 15 is 0 Å². The van der Waals surface area contributed by atoms with Gasteiger partial charge in [0.15, 0.2) is 0 Å². The van der Waals surface area contributed by atoms with E-state index in [0.29, 0.717) is 0 Å². The Morgan fingerprint density at radius 3 is 2.89 bits per heavy atom. The van der Waals surface area contributed by atoms with Crippen molar-refractivity contribution in [2.75, 3.05) is 17.7 Å². The SMILES string of the molecule is CCOC(=O)C(C)Nc1cc([N+](=O)[O-])cc(N)n1. The number of pyridine rings is 1. The molecule has 0 fully saturated rings. The Labute approximate surface area is 103 Å². The Kier molecular flexibility index (Phi) is 4.41. The first kappa shape index (κ1) is 13.7. The van der Waals surface area contributed by atoms with Crippen LogP contribution in [0.1, 0.15) is 13.8 Å². The number of aromatic nitrogens is 1. The van der Waals surface area contributed by atoms with Gasteiger partial charge in [0.1, 0.15) is 17.7 Å². The molecule has 8 nitrogen and oxygen atoms in total. The number of carbonyl (C=O) groups excluding carboxylic acids is 1. The van der Waals surface area contributed by atoms with Crippen molar-refractivity contribution < 1.29 is 14.5 Å². The third kappa shape index (κ3) is 3.58. The molecule has 0 radical (unpaired) electrons. The fraction of sp³-hybridized carbons (Fsp3) is 0.400. The number of rotatable bonds is 5. The third-order valence-corrected chi connectivity index (χ3v) is 2.05. The van der Waals surface area contributed by atoms with Gasteiger partial charge in [0.25, 0.3) is 5.69 Å². The largest absolute Gasteiger partial charge is 0.464 e. The van der Waals surface area contributed by atoms with E-state index < -0.39 is 16.9 Å². The van der Waals surface area contributed by atoms with Gasteiger partial charge < -0.3 is 15.8 Å². The quantitative estimate of drug-likeness (QED) is 0.455. The molecule has 0 amide bonds. The van der Waals surface area contributed by atoms with Crippen LogP contribution in [-0.4, -0.2) is 28.5 Å². The molecule has 18 heavy (non-hydrogen) atoms. The normalized spacial score (nSPS) is 11.7. The van der Waals surface area contributed by atoms with Crippen molar-refractivity contribution in [2.24, 2.45) is 0 Å². The Hall–Kier alpha value is -2.38. The van der Waals surface area contributed by atoms with Gasteiger partial charge in [-0.1, -0.05) is 0 Å². The van der Waals surface area contributed by atoms with E-state index in [-0.39, 0.29) is 23.9 Å². The second kappa shape index (κ2) is 5.80. The molecule has 0 saturated heterocycles. The third-order valence-electron chi connectivity index (χ3n) is 2.05. The van der Waals surface area contributed by atoms with Crippen LogP contribution in [0.15, 0.2) is 12.1 Å². The minimum atomic E-state index is -0.668. The highest BCUT2D eigenvalue weighted by Gasteiger charge is 2.16. The van der Waals surface area contributed by atoms with Crippen molar-refractivity contribution in [2.45, 2.75) is 19.9 Å². The van der Waals surface area contributed by atoms with Gasteiger partial charge in [-0.15, -0.1) is 0 Å². The molecule has 1 heterocycles. The number of carbonyl (C=O) groups is 1. The molecule has 1 atom stereocenters. The lowest BCUT2D eigenvalue weighted by atomic mass is 10.3. The summed E-state index contributed by atoms with van der Waals surface area (Å²) in [7, 11) is 0. The molecule has 1 aromatic rings. The van der Waals surface area contributed by atoms with Crippen LogP contribution in [0.5, 0.6) is 0 Å². The second-order valence-electron chi connectivity index (χ2n) is 3.51. The van der Waals surface area contributed by atoms with Crippen LogP contribution in [0.4, 0.5) is 17.3 Å². The van der Waals surface area contributed by atoms with Gasteiger partial charge in [-0.3, -0.25) is 10.1 Å². The highest BCUT2D eigenvalue weighted by molar-refractivity contribution is 5.78. The number of nitrogens with one attached hydrogen (secondary N) is 1. The minimum Gasteiger partial charge on any atom is -0.464 e. The maximum absolute atomic E-state index is 11.4.